The molecule has 0 aromatic rings. The molecule has 0 unspecified atom stereocenters. The summed E-state index contributed by atoms with van der Waals surface area (Å²) in [6.07, 6.45) is 6.47. The van der Waals surface area contributed by atoms with Gasteiger partial charge in [-0.05, 0) is 25.2 Å². The Balaban J connectivity index is 2.28. The summed E-state index contributed by atoms with van der Waals surface area (Å²) < 4.78 is 5.48. The molecule has 1 saturated carbocycles. The maximum Gasteiger partial charge on any atom is 0.240 e. The molecule has 0 aromatic heterocycles. The lowest BCUT2D eigenvalue weighted by Gasteiger charge is -2.23. The third kappa shape index (κ3) is 5.50. The standard InChI is InChI=1S/C16H28N2O2/c1-14(2)12-20-11-7-10-18-15(19)16(13-17)8-5-3-4-6-9-16/h14H,3-12H2,1-2H3,(H,18,19). The second kappa shape index (κ2) is 8.97. The molecule has 1 N–H and O–H groups in total. The summed E-state index contributed by atoms with van der Waals surface area (Å²) in [4.78, 5) is 12.3. The van der Waals surface area contributed by atoms with Crippen LogP contribution >= 0.6 is 0 Å². The largest absolute Gasteiger partial charge is 0.381 e. The van der Waals surface area contributed by atoms with Gasteiger partial charge in [0.2, 0.25) is 5.91 Å². The molecule has 0 bridgehead atoms. The summed E-state index contributed by atoms with van der Waals surface area (Å²) in [5.74, 6) is 0.461. The van der Waals surface area contributed by atoms with Crippen LogP contribution in [0.3, 0.4) is 0 Å². The van der Waals surface area contributed by atoms with E-state index in [0.29, 0.717) is 31.9 Å². The second-order valence-corrected chi connectivity index (χ2v) is 6.19. The Morgan fingerprint density at radius 3 is 2.50 bits per heavy atom. The Bertz CT molecular complexity index is 326. The van der Waals surface area contributed by atoms with Gasteiger partial charge < -0.3 is 10.1 Å². The van der Waals surface area contributed by atoms with Crippen LogP contribution in [-0.4, -0.2) is 25.7 Å². The lowest BCUT2D eigenvalue weighted by atomic mass is 9.81. The molecule has 1 fully saturated rings. The van der Waals surface area contributed by atoms with Crippen molar-refractivity contribution in [3.8, 4) is 6.07 Å². The van der Waals surface area contributed by atoms with E-state index in [2.05, 4.69) is 25.2 Å². The molecule has 0 radical (unpaired) electrons. The molecule has 114 valence electrons. The average Bonchev–Trinajstić information content (AvgIpc) is 2.68. The summed E-state index contributed by atoms with van der Waals surface area (Å²) in [6, 6.07) is 2.28. The SMILES string of the molecule is CC(C)COCCCNC(=O)C1(C#N)CCCCCC1. The van der Waals surface area contributed by atoms with Gasteiger partial charge in [0.15, 0.2) is 0 Å². The van der Waals surface area contributed by atoms with Crippen molar-refractivity contribution in [1.82, 2.24) is 5.32 Å². The molecule has 1 amide bonds. The first-order chi connectivity index (χ1) is 9.60. The van der Waals surface area contributed by atoms with Gasteiger partial charge in [0.25, 0.3) is 0 Å². The molecule has 1 aliphatic rings. The molecule has 20 heavy (non-hydrogen) atoms. The van der Waals surface area contributed by atoms with Gasteiger partial charge in [0.1, 0.15) is 5.41 Å². The first-order valence-corrected chi connectivity index (χ1v) is 7.88. The molecule has 4 heteroatoms. The van der Waals surface area contributed by atoms with Gasteiger partial charge in [-0.2, -0.15) is 5.26 Å². The Hall–Kier alpha value is -1.08. The Labute approximate surface area is 122 Å². The van der Waals surface area contributed by atoms with Crippen LogP contribution in [0.2, 0.25) is 0 Å². The van der Waals surface area contributed by atoms with Gasteiger partial charge in [0.05, 0.1) is 6.07 Å². The predicted molar refractivity (Wildman–Crippen MR) is 79.0 cm³/mol. The molecule has 1 aliphatic carbocycles. The van der Waals surface area contributed by atoms with Crippen LogP contribution in [0.15, 0.2) is 0 Å². The smallest absolute Gasteiger partial charge is 0.240 e. The van der Waals surface area contributed by atoms with Crippen LogP contribution in [0.1, 0.15) is 58.8 Å². The van der Waals surface area contributed by atoms with Crippen molar-refractivity contribution in [2.45, 2.75) is 58.8 Å². The van der Waals surface area contributed by atoms with Crippen molar-refractivity contribution in [3.05, 3.63) is 0 Å². The van der Waals surface area contributed by atoms with Crippen LogP contribution < -0.4 is 5.32 Å². The zero-order valence-electron chi connectivity index (χ0n) is 12.9. The van der Waals surface area contributed by atoms with Crippen LogP contribution in [0.4, 0.5) is 0 Å². The first-order valence-electron chi connectivity index (χ1n) is 7.88. The number of nitrogens with zero attached hydrogens (tertiary/aromatic N) is 1. The zero-order valence-corrected chi connectivity index (χ0v) is 12.9. The molecule has 4 nitrogen and oxygen atoms in total. The topological polar surface area (TPSA) is 62.1 Å². The number of hydrogen-bond acceptors (Lipinski definition) is 3. The molecule has 0 saturated heterocycles. The number of nitriles is 1. The lowest BCUT2D eigenvalue weighted by molar-refractivity contribution is -0.128. The molecule has 1 rings (SSSR count). The number of hydrogen-bond donors (Lipinski definition) is 1. The Morgan fingerprint density at radius 1 is 1.30 bits per heavy atom. The number of rotatable bonds is 7. The van der Waals surface area contributed by atoms with Crippen LogP contribution in [0.5, 0.6) is 0 Å². The Morgan fingerprint density at radius 2 is 1.95 bits per heavy atom. The highest BCUT2D eigenvalue weighted by Gasteiger charge is 2.38. The van der Waals surface area contributed by atoms with E-state index in [1.807, 2.05) is 0 Å². The molecule has 0 atom stereocenters. The summed E-state index contributed by atoms with van der Waals surface area (Å²) in [6.45, 7) is 6.25. The third-order valence-corrected chi connectivity index (χ3v) is 3.81. The monoisotopic (exact) mass is 280 g/mol. The van der Waals surface area contributed by atoms with Crippen molar-refractivity contribution >= 4 is 5.91 Å². The van der Waals surface area contributed by atoms with E-state index in [1.165, 1.54) is 0 Å². The lowest BCUT2D eigenvalue weighted by Crippen LogP contribution is -2.40. The minimum absolute atomic E-state index is 0.0780. The van der Waals surface area contributed by atoms with E-state index in [9.17, 15) is 10.1 Å². The highest BCUT2D eigenvalue weighted by Crippen LogP contribution is 2.34. The fraction of sp³-hybridized carbons (Fsp3) is 0.875. The van der Waals surface area contributed by atoms with Crippen molar-refractivity contribution in [1.29, 1.82) is 5.26 Å². The number of carbonyl (C=O) groups excluding carboxylic acids is 1. The number of amides is 1. The molecular weight excluding hydrogens is 252 g/mol. The Kier molecular flexibility index (Phi) is 7.61. The number of nitrogens with one attached hydrogen (secondary N) is 1. The van der Waals surface area contributed by atoms with Crippen molar-refractivity contribution < 1.29 is 9.53 Å². The van der Waals surface area contributed by atoms with E-state index in [0.717, 1.165) is 38.7 Å². The summed E-state index contributed by atoms with van der Waals surface area (Å²) in [7, 11) is 0. The first kappa shape index (κ1) is 17.0. The van der Waals surface area contributed by atoms with E-state index in [1.54, 1.807) is 0 Å². The molecule has 0 spiro atoms. The second-order valence-electron chi connectivity index (χ2n) is 6.19. The van der Waals surface area contributed by atoms with Gasteiger partial charge in [-0.25, -0.2) is 0 Å². The number of carbonyl (C=O) groups is 1. The molecule has 0 aliphatic heterocycles. The average molecular weight is 280 g/mol. The highest BCUT2D eigenvalue weighted by molar-refractivity contribution is 5.85. The van der Waals surface area contributed by atoms with E-state index < -0.39 is 5.41 Å². The summed E-state index contributed by atoms with van der Waals surface area (Å²) in [5, 5.41) is 12.3. The van der Waals surface area contributed by atoms with Crippen LogP contribution in [0.25, 0.3) is 0 Å². The fourth-order valence-corrected chi connectivity index (χ4v) is 2.59. The maximum absolute atomic E-state index is 12.3. The van der Waals surface area contributed by atoms with Crippen molar-refractivity contribution in [3.63, 3.8) is 0 Å². The quantitative estimate of drug-likeness (QED) is 0.576. The molecule has 0 aromatic carbocycles. The normalized spacial score (nSPS) is 18.3. The number of ether oxygens (including phenoxy) is 1. The van der Waals surface area contributed by atoms with Gasteiger partial charge in [0, 0.05) is 19.8 Å². The van der Waals surface area contributed by atoms with E-state index in [-0.39, 0.29) is 5.91 Å². The van der Waals surface area contributed by atoms with Gasteiger partial charge in [-0.1, -0.05) is 39.5 Å². The maximum atomic E-state index is 12.3. The van der Waals surface area contributed by atoms with E-state index in [4.69, 9.17) is 4.74 Å². The predicted octanol–water partition coefficient (Wildman–Crippen LogP) is 3.03. The minimum atomic E-state index is -0.782. The summed E-state index contributed by atoms with van der Waals surface area (Å²) >= 11 is 0. The highest BCUT2D eigenvalue weighted by atomic mass is 16.5. The zero-order chi connectivity index (χ0) is 14.8. The van der Waals surface area contributed by atoms with Crippen molar-refractivity contribution in [2.75, 3.05) is 19.8 Å². The molecule has 0 heterocycles. The van der Waals surface area contributed by atoms with Gasteiger partial charge >= 0.3 is 0 Å². The fourth-order valence-electron chi connectivity index (χ4n) is 2.59. The van der Waals surface area contributed by atoms with Crippen molar-refractivity contribution in [2.24, 2.45) is 11.3 Å². The van der Waals surface area contributed by atoms with E-state index >= 15 is 0 Å². The van der Waals surface area contributed by atoms with Gasteiger partial charge in [-0.3, -0.25) is 4.79 Å². The van der Waals surface area contributed by atoms with Gasteiger partial charge in [-0.15, -0.1) is 0 Å². The summed E-state index contributed by atoms with van der Waals surface area (Å²) in [5.41, 5.74) is -0.782. The minimum Gasteiger partial charge on any atom is -0.381 e. The third-order valence-electron chi connectivity index (χ3n) is 3.81. The van der Waals surface area contributed by atoms with Crippen LogP contribution in [0, 0.1) is 22.7 Å². The van der Waals surface area contributed by atoms with Crippen LogP contribution in [-0.2, 0) is 9.53 Å². The molecular formula is C16H28N2O2.